The van der Waals surface area contributed by atoms with Gasteiger partial charge in [0.2, 0.25) is 0 Å². The Balaban J connectivity index is 1.79. The lowest BCUT2D eigenvalue weighted by Crippen LogP contribution is -2.40. The topological polar surface area (TPSA) is 0 Å². The summed E-state index contributed by atoms with van der Waals surface area (Å²) in [6, 6.07) is 0. The fourth-order valence-corrected chi connectivity index (χ4v) is 4.01. The van der Waals surface area contributed by atoms with Crippen LogP contribution in [0.2, 0.25) is 0 Å². The maximum Gasteiger partial charge on any atom is 0.00446 e. The van der Waals surface area contributed by atoms with Crippen LogP contribution in [-0.4, -0.2) is 11.5 Å². The third-order valence-electron chi connectivity index (χ3n) is 4.35. The highest BCUT2D eigenvalue weighted by atomic mass is 32.2. The molecule has 2 fully saturated rings. The summed E-state index contributed by atoms with van der Waals surface area (Å²) in [4.78, 5) is 0. The van der Waals surface area contributed by atoms with Gasteiger partial charge in [0, 0.05) is 5.25 Å². The van der Waals surface area contributed by atoms with Gasteiger partial charge in [-0.05, 0) is 56.1 Å². The molecule has 13 heavy (non-hydrogen) atoms. The van der Waals surface area contributed by atoms with E-state index in [0.29, 0.717) is 0 Å². The summed E-state index contributed by atoms with van der Waals surface area (Å²) in [5.41, 5.74) is 0.840. The van der Waals surface area contributed by atoms with Crippen LogP contribution in [-0.2, 0) is 0 Å². The zero-order chi connectivity index (χ0) is 9.31. The Kier molecular flexibility index (Phi) is 2.92. The van der Waals surface area contributed by atoms with E-state index in [1.165, 1.54) is 32.1 Å². The fourth-order valence-electron chi connectivity index (χ4n) is 3.30. The third-order valence-corrected chi connectivity index (χ3v) is 5.49. The Morgan fingerprint density at radius 3 is 2.31 bits per heavy atom. The molecule has 2 rings (SSSR count). The van der Waals surface area contributed by atoms with Crippen molar-refractivity contribution >= 4 is 11.8 Å². The predicted octanol–water partition coefficient (Wildman–Crippen LogP) is 4.10. The van der Waals surface area contributed by atoms with Crippen LogP contribution in [0.1, 0.15) is 51.9 Å². The molecule has 0 saturated heterocycles. The molecule has 0 N–H and O–H groups in total. The molecule has 0 aliphatic heterocycles. The standard InChI is InChI=1S/C12H22S/c1-3-10-8-12(9-10)6-4-11(13-2)5-7-12/h10-11H,3-9H2,1-2H3. The van der Waals surface area contributed by atoms with Crippen molar-refractivity contribution in [2.45, 2.75) is 57.1 Å². The highest BCUT2D eigenvalue weighted by Gasteiger charge is 2.44. The van der Waals surface area contributed by atoms with E-state index in [-0.39, 0.29) is 0 Å². The van der Waals surface area contributed by atoms with Crippen molar-refractivity contribution in [1.82, 2.24) is 0 Å². The predicted molar refractivity (Wildman–Crippen MR) is 61.2 cm³/mol. The van der Waals surface area contributed by atoms with E-state index in [4.69, 9.17) is 0 Å². The summed E-state index contributed by atoms with van der Waals surface area (Å²) in [6.45, 7) is 2.35. The third kappa shape index (κ3) is 1.91. The maximum atomic E-state index is 2.35. The van der Waals surface area contributed by atoms with Gasteiger partial charge in [-0.3, -0.25) is 0 Å². The smallest absolute Gasteiger partial charge is 0.00446 e. The van der Waals surface area contributed by atoms with Crippen molar-refractivity contribution in [2.24, 2.45) is 11.3 Å². The molecule has 2 saturated carbocycles. The van der Waals surface area contributed by atoms with E-state index >= 15 is 0 Å². The molecule has 0 radical (unpaired) electrons. The summed E-state index contributed by atoms with van der Waals surface area (Å²) in [5.74, 6) is 1.09. The number of hydrogen-bond donors (Lipinski definition) is 0. The molecular formula is C12H22S. The van der Waals surface area contributed by atoms with Crippen molar-refractivity contribution in [3.05, 3.63) is 0 Å². The number of rotatable bonds is 2. The monoisotopic (exact) mass is 198 g/mol. The lowest BCUT2D eigenvalue weighted by molar-refractivity contribution is 0.0148. The first kappa shape index (κ1) is 9.89. The highest BCUT2D eigenvalue weighted by Crippen LogP contribution is 2.56. The largest absolute Gasteiger partial charge is 0.162 e. The zero-order valence-electron chi connectivity index (χ0n) is 9.01. The van der Waals surface area contributed by atoms with Gasteiger partial charge in [-0.25, -0.2) is 0 Å². The van der Waals surface area contributed by atoms with E-state index in [0.717, 1.165) is 16.6 Å². The summed E-state index contributed by atoms with van der Waals surface area (Å²) in [6.07, 6.45) is 12.9. The molecule has 2 aliphatic rings. The molecule has 76 valence electrons. The summed E-state index contributed by atoms with van der Waals surface area (Å²) in [7, 11) is 0. The maximum absolute atomic E-state index is 2.35. The van der Waals surface area contributed by atoms with Gasteiger partial charge in [0.1, 0.15) is 0 Å². The highest BCUT2D eigenvalue weighted by molar-refractivity contribution is 7.99. The Morgan fingerprint density at radius 1 is 1.23 bits per heavy atom. The van der Waals surface area contributed by atoms with E-state index in [1.807, 2.05) is 0 Å². The molecule has 0 aromatic rings. The lowest BCUT2D eigenvalue weighted by Gasteiger charge is -2.51. The lowest BCUT2D eigenvalue weighted by atomic mass is 9.55. The quantitative estimate of drug-likeness (QED) is 0.644. The first-order valence-corrected chi connectivity index (χ1v) is 7.09. The minimum Gasteiger partial charge on any atom is -0.162 e. The van der Waals surface area contributed by atoms with Crippen LogP contribution in [0, 0.1) is 11.3 Å². The van der Waals surface area contributed by atoms with Crippen LogP contribution in [0.4, 0.5) is 0 Å². The van der Waals surface area contributed by atoms with Crippen molar-refractivity contribution in [1.29, 1.82) is 0 Å². The van der Waals surface area contributed by atoms with E-state index < -0.39 is 0 Å². The molecule has 1 spiro atoms. The molecule has 0 nitrogen and oxygen atoms in total. The Labute approximate surface area is 86.9 Å². The second-order valence-corrected chi connectivity index (χ2v) is 6.26. The van der Waals surface area contributed by atoms with Crippen molar-refractivity contribution in [2.75, 3.05) is 6.26 Å². The molecule has 0 aromatic heterocycles. The Morgan fingerprint density at radius 2 is 1.85 bits per heavy atom. The molecule has 2 aliphatic carbocycles. The SMILES string of the molecule is CCC1CC2(CCC(SC)CC2)C1. The van der Waals surface area contributed by atoms with Crippen LogP contribution >= 0.6 is 11.8 Å². The molecule has 0 heterocycles. The van der Waals surface area contributed by atoms with Gasteiger partial charge in [-0.2, -0.15) is 11.8 Å². The minimum atomic E-state index is 0.840. The van der Waals surface area contributed by atoms with Crippen LogP contribution in [0.25, 0.3) is 0 Å². The summed E-state index contributed by atoms with van der Waals surface area (Å²) < 4.78 is 0. The van der Waals surface area contributed by atoms with Gasteiger partial charge in [-0.15, -0.1) is 0 Å². The van der Waals surface area contributed by atoms with Gasteiger partial charge < -0.3 is 0 Å². The van der Waals surface area contributed by atoms with E-state index in [2.05, 4.69) is 24.9 Å². The Hall–Kier alpha value is 0.350. The van der Waals surface area contributed by atoms with Crippen molar-refractivity contribution < 1.29 is 0 Å². The van der Waals surface area contributed by atoms with Crippen LogP contribution < -0.4 is 0 Å². The summed E-state index contributed by atoms with van der Waals surface area (Å²) in [5, 5.41) is 0.992. The van der Waals surface area contributed by atoms with Crippen molar-refractivity contribution in [3.8, 4) is 0 Å². The molecule has 1 heteroatoms. The van der Waals surface area contributed by atoms with Gasteiger partial charge in [0.25, 0.3) is 0 Å². The van der Waals surface area contributed by atoms with Gasteiger partial charge >= 0.3 is 0 Å². The fraction of sp³-hybridized carbons (Fsp3) is 1.00. The first-order valence-electron chi connectivity index (χ1n) is 5.81. The minimum absolute atomic E-state index is 0.840. The van der Waals surface area contributed by atoms with Crippen LogP contribution in [0.15, 0.2) is 0 Å². The van der Waals surface area contributed by atoms with Crippen LogP contribution in [0.3, 0.4) is 0 Å². The molecule has 0 amide bonds. The van der Waals surface area contributed by atoms with E-state index in [1.54, 1.807) is 12.8 Å². The molecule has 0 aromatic carbocycles. The molecule has 0 bridgehead atoms. The first-order chi connectivity index (χ1) is 6.28. The zero-order valence-corrected chi connectivity index (χ0v) is 9.83. The average molecular weight is 198 g/mol. The van der Waals surface area contributed by atoms with E-state index in [9.17, 15) is 0 Å². The second-order valence-electron chi connectivity index (χ2n) is 5.12. The average Bonchev–Trinajstić information content (AvgIpc) is 2.14. The van der Waals surface area contributed by atoms with Gasteiger partial charge in [-0.1, -0.05) is 13.3 Å². The van der Waals surface area contributed by atoms with Crippen molar-refractivity contribution in [3.63, 3.8) is 0 Å². The summed E-state index contributed by atoms with van der Waals surface area (Å²) >= 11 is 2.09. The normalized spacial score (nSPS) is 44.8. The Bertz CT molecular complexity index is 160. The van der Waals surface area contributed by atoms with Gasteiger partial charge in [0.15, 0.2) is 0 Å². The molecule has 0 atom stereocenters. The molecular weight excluding hydrogens is 176 g/mol. The second kappa shape index (κ2) is 3.84. The number of hydrogen-bond acceptors (Lipinski definition) is 1. The van der Waals surface area contributed by atoms with Crippen LogP contribution in [0.5, 0.6) is 0 Å². The molecule has 0 unspecified atom stereocenters. The number of thioether (sulfide) groups is 1. The van der Waals surface area contributed by atoms with Gasteiger partial charge in [0.05, 0.1) is 0 Å².